The fraction of sp³-hybridized carbons (Fsp3) is 0.214. The van der Waals surface area contributed by atoms with Crippen molar-refractivity contribution in [3.05, 3.63) is 54.1 Å². The molecule has 0 saturated heterocycles. The molecule has 1 heterocycles. The molecule has 1 aromatic heterocycles. The second-order valence-corrected chi connectivity index (χ2v) is 4.34. The molecule has 0 unspecified atom stereocenters. The summed E-state index contributed by atoms with van der Waals surface area (Å²) in [5.41, 5.74) is 1.35. The quantitative estimate of drug-likeness (QED) is 0.871. The highest BCUT2D eigenvalue weighted by molar-refractivity contribution is 5.92. The van der Waals surface area contributed by atoms with Crippen molar-refractivity contribution in [3.8, 4) is 5.75 Å². The van der Waals surface area contributed by atoms with Crippen LogP contribution < -0.4 is 5.32 Å². The molecule has 0 aliphatic carbocycles. The van der Waals surface area contributed by atoms with E-state index in [9.17, 15) is 9.90 Å². The SMILES string of the molecule is C[C@@H](Cc1ccc(O)cc1)NC(=O)c1cnccn1. The van der Waals surface area contributed by atoms with Crippen LogP contribution in [0.1, 0.15) is 23.0 Å². The number of aromatic nitrogens is 2. The van der Waals surface area contributed by atoms with Gasteiger partial charge in [-0.05, 0) is 31.0 Å². The van der Waals surface area contributed by atoms with Crippen LogP contribution in [0, 0.1) is 0 Å². The van der Waals surface area contributed by atoms with E-state index in [4.69, 9.17) is 0 Å². The molecule has 0 aliphatic heterocycles. The molecule has 19 heavy (non-hydrogen) atoms. The summed E-state index contributed by atoms with van der Waals surface area (Å²) in [7, 11) is 0. The van der Waals surface area contributed by atoms with E-state index in [1.54, 1.807) is 12.1 Å². The third-order valence-corrected chi connectivity index (χ3v) is 2.65. The standard InChI is InChI=1S/C14H15N3O2/c1-10(8-11-2-4-12(18)5-3-11)17-14(19)13-9-15-6-7-16-13/h2-7,9-10,18H,8H2,1H3,(H,17,19)/t10-/m0/s1. The molecule has 5 heteroatoms. The largest absolute Gasteiger partial charge is 0.508 e. The molecular formula is C14H15N3O2. The summed E-state index contributed by atoms with van der Waals surface area (Å²) in [6.45, 7) is 1.92. The lowest BCUT2D eigenvalue weighted by Gasteiger charge is -2.13. The van der Waals surface area contributed by atoms with Crippen molar-refractivity contribution in [1.29, 1.82) is 0 Å². The van der Waals surface area contributed by atoms with Gasteiger partial charge < -0.3 is 10.4 Å². The lowest BCUT2D eigenvalue weighted by atomic mass is 10.1. The number of phenolic OH excluding ortho intramolecular Hbond substituents is 1. The number of aromatic hydroxyl groups is 1. The van der Waals surface area contributed by atoms with Crippen LogP contribution in [0.3, 0.4) is 0 Å². The Kier molecular flexibility index (Phi) is 4.07. The van der Waals surface area contributed by atoms with Crippen LogP contribution >= 0.6 is 0 Å². The molecule has 2 N–H and O–H groups in total. The smallest absolute Gasteiger partial charge is 0.271 e. The Balaban J connectivity index is 1.92. The van der Waals surface area contributed by atoms with Crippen LogP contribution in [0.25, 0.3) is 0 Å². The van der Waals surface area contributed by atoms with Gasteiger partial charge in [0, 0.05) is 18.4 Å². The van der Waals surface area contributed by atoms with E-state index in [1.165, 1.54) is 18.6 Å². The number of rotatable bonds is 4. The van der Waals surface area contributed by atoms with Crippen molar-refractivity contribution < 1.29 is 9.90 Å². The summed E-state index contributed by atoms with van der Waals surface area (Å²) >= 11 is 0. The van der Waals surface area contributed by atoms with Crippen LogP contribution in [0.4, 0.5) is 0 Å². The average molecular weight is 257 g/mol. The summed E-state index contributed by atoms with van der Waals surface area (Å²) in [5, 5.41) is 12.1. The number of nitrogens with one attached hydrogen (secondary N) is 1. The molecule has 1 aromatic carbocycles. The van der Waals surface area contributed by atoms with Crippen molar-refractivity contribution in [2.75, 3.05) is 0 Å². The van der Waals surface area contributed by atoms with Gasteiger partial charge in [0.2, 0.25) is 0 Å². The third kappa shape index (κ3) is 3.77. The normalized spacial score (nSPS) is 11.8. The minimum atomic E-state index is -0.237. The summed E-state index contributed by atoms with van der Waals surface area (Å²) in [4.78, 5) is 19.6. The number of carbonyl (C=O) groups is 1. The maximum atomic E-state index is 11.8. The van der Waals surface area contributed by atoms with Crippen molar-refractivity contribution >= 4 is 5.91 Å². The van der Waals surface area contributed by atoms with E-state index < -0.39 is 0 Å². The molecular weight excluding hydrogens is 242 g/mol. The zero-order chi connectivity index (χ0) is 13.7. The Hall–Kier alpha value is -2.43. The molecule has 5 nitrogen and oxygen atoms in total. The predicted octanol–water partition coefficient (Wildman–Crippen LogP) is 1.54. The summed E-state index contributed by atoms with van der Waals surface area (Å²) in [6, 6.07) is 6.90. The van der Waals surface area contributed by atoms with E-state index in [-0.39, 0.29) is 17.7 Å². The first-order valence-corrected chi connectivity index (χ1v) is 6.00. The maximum Gasteiger partial charge on any atom is 0.271 e. The van der Waals surface area contributed by atoms with Gasteiger partial charge in [-0.3, -0.25) is 9.78 Å². The highest BCUT2D eigenvalue weighted by atomic mass is 16.3. The van der Waals surface area contributed by atoms with Crippen molar-refractivity contribution in [3.63, 3.8) is 0 Å². The Morgan fingerprint density at radius 3 is 2.68 bits per heavy atom. The van der Waals surface area contributed by atoms with Gasteiger partial charge in [-0.25, -0.2) is 4.98 Å². The Bertz CT molecular complexity index is 540. The average Bonchev–Trinajstić information content (AvgIpc) is 2.42. The van der Waals surface area contributed by atoms with Crippen LogP contribution in [0.15, 0.2) is 42.9 Å². The Morgan fingerprint density at radius 2 is 2.05 bits per heavy atom. The van der Waals surface area contributed by atoms with Gasteiger partial charge in [0.25, 0.3) is 5.91 Å². The number of hydrogen-bond donors (Lipinski definition) is 2. The third-order valence-electron chi connectivity index (χ3n) is 2.65. The summed E-state index contributed by atoms with van der Waals surface area (Å²) in [5.74, 6) is -0.000577. The lowest BCUT2D eigenvalue weighted by molar-refractivity contribution is 0.0934. The van der Waals surface area contributed by atoms with E-state index in [1.807, 2.05) is 19.1 Å². The van der Waals surface area contributed by atoms with E-state index >= 15 is 0 Å². The maximum absolute atomic E-state index is 11.8. The summed E-state index contributed by atoms with van der Waals surface area (Å²) < 4.78 is 0. The molecule has 0 saturated carbocycles. The molecule has 1 atom stereocenters. The first-order valence-electron chi connectivity index (χ1n) is 6.00. The highest BCUT2D eigenvalue weighted by Gasteiger charge is 2.11. The molecule has 1 amide bonds. The molecule has 0 spiro atoms. The van der Waals surface area contributed by atoms with E-state index in [2.05, 4.69) is 15.3 Å². The second kappa shape index (κ2) is 5.95. The van der Waals surface area contributed by atoms with Crippen LogP contribution in [0.2, 0.25) is 0 Å². The molecule has 0 aliphatic rings. The molecule has 98 valence electrons. The topological polar surface area (TPSA) is 75.1 Å². The predicted molar refractivity (Wildman–Crippen MR) is 70.8 cm³/mol. The van der Waals surface area contributed by atoms with Gasteiger partial charge in [0.05, 0.1) is 6.20 Å². The summed E-state index contributed by atoms with van der Waals surface area (Å²) in [6.07, 6.45) is 5.13. The number of nitrogens with zero attached hydrogens (tertiary/aromatic N) is 2. The number of benzene rings is 1. The Labute approximate surface area is 111 Å². The lowest BCUT2D eigenvalue weighted by Crippen LogP contribution is -2.34. The fourth-order valence-corrected chi connectivity index (χ4v) is 1.75. The molecule has 0 radical (unpaired) electrons. The van der Waals surface area contributed by atoms with Crippen molar-refractivity contribution in [1.82, 2.24) is 15.3 Å². The van der Waals surface area contributed by atoms with Crippen LogP contribution in [-0.2, 0) is 6.42 Å². The second-order valence-electron chi connectivity index (χ2n) is 4.34. The minimum absolute atomic E-state index is 0.0287. The number of phenols is 1. The fourth-order valence-electron chi connectivity index (χ4n) is 1.75. The Morgan fingerprint density at radius 1 is 1.32 bits per heavy atom. The van der Waals surface area contributed by atoms with Gasteiger partial charge in [0.15, 0.2) is 0 Å². The van der Waals surface area contributed by atoms with Crippen LogP contribution in [0.5, 0.6) is 5.75 Å². The van der Waals surface area contributed by atoms with Crippen molar-refractivity contribution in [2.45, 2.75) is 19.4 Å². The van der Waals surface area contributed by atoms with Gasteiger partial charge >= 0.3 is 0 Å². The van der Waals surface area contributed by atoms with Crippen LogP contribution in [-0.4, -0.2) is 27.0 Å². The molecule has 2 aromatic rings. The first kappa shape index (κ1) is 13.0. The molecule has 2 rings (SSSR count). The molecule has 0 fully saturated rings. The number of hydrogen-bond acceptors (Lipinski definition) is 4. The van der Waals surface area contributed by atoms with Gasteiger partial charge in [-0.2, -0.15) is 0 Å². The van der Waals surface area contributed by atoms with Gasteiger partial charge in [0.1, 0.15) is 11.4 Å². The first-order chi connectivity index (χ1) is 9.15. The highest BCUT2D eigenvalue weighted by Crippen LogP contribution is 2.11. The van der Waals surface area contributed by atoms with Gasteiger partial charge in [-0.15, -0.1) is 0 Å². The van der Waals surface area contributed by atoms with E-state index in [0.717, 1.165) is 5.56 Å². The zero-order valence-corrected chi connectivity index (χ0v) is 10.6. The molecule has 0 bridgehead atoms. The van der Waals surface area contributed by atoms with E-state index in [0.29, 0.717) is 12.1 Å². The monoisotopic (exact) mass is 257 g/mol. The number of carbonyl (C=O) groups excluding carboxylic acids is 1. The van der Waals surface area contributed by atoms with Crippen molar-refractivity contribution in [2.24, 2.45) is 0 Å². The number of amides is 1. The minimum Gasteiger partial charge on any atom is -0.508 e. The van der Waals surface area contributed by atoms with Gasteiger partial charge in [-0.1, -0.05) is 12.1 Å². The zero-order valence-electron chi connectivity index (χ0n) is 10.6.